The molecule has 4 rings (SSSR count). The molecule has 0 saturated heterocycles. The van der Waals surface area contributed by atoms with E-state index in [1.165, 1.54) is 24.9 Å². The van der Waals surface area contributed by atoms with Crippen molar-refractivity contribution in [1.29, 1.82) is 0 Å². The lowest BCUT2D eigenvalue weighted by atomic mass is 10.1. The van der Waals surface area contributed by atoms with Crippen molar-refractivity contribution in [2.75, 3.05) is 12.9 Å². The van der Waals surface area contributed by atoms with E-state index in [4.69, 9.17) is 21.3 Å². The number of benzene rings is 3. The van der Waals surface area contributed by atoms with Crippen molar-refractivity contribution in [3.63, 3.8) is 0 Å². The van der Waals surface area contributed by atoms with Crippen LogP contribution in [0.3, 0.4) is 0 Å². The lowest BCUT2D eigenvalue weighted by molar-refractivity contribution is -0.118. The lowest BCUT2D eigenvalue weighted by Gasteiger charge is -2.09. The van der Waals surface area contributed by atoms with E-state index in [9.17, 15) is 9.90 Å². The van der Waals surface area contributed by atoms with Gasteiger partial charge in [-0.2, -0.15) is 5.10 Å². The van der Waals surface area contributed by atoms with Crippen LogP contribution in [0, 0.1) is 0 Å². The highest BCUT2D eigenvalue weighted by Gasteiger charge is 2.14. The Morgan fingerprint density at radius 2 is 1.94 bits per heavy atom. The first-order valence-electron chi connectivity index (χ1n) is 10.5. The van der Waals surface area contributed by atoms with Crippen molar-refractivity contribution < 1.29 is 14.6 Å². The molecular formula is C25H23ClN4O3S. The molecule has 0 bridgehead atoms. The Bertz CT molecular complexity index is 1350. The largest absolute Gasteiger partial charge is 0.504 e. The number of hydrogen-bond acceptors (Lipinski definition) is 6. The quantitative estimate of drug-likeness (QED) is 0.202. The predicted octanol–water partition coefficient (Wildman–Crippen LogP) is 5.08. The van der Waals surface area contributed by atoms with Crippen molar-refractivity contribution in [3.8, 4) is 11.5 Å². The molecule has 0 radical (unpaired) electrons. The van der Waals surface area contributed by atoms with Gasteiger partial charge in [-0.15, -0.1) is 0 Å². The molecule has 3 aromatic carbocycles. The van der Waals surface area contributed by atoms with Crippen LogP contribution >= 0.6 is 23.4 Å². The number of aromatic nitrogens is 2. The molecule has 1 aromatic heterocycles. The zero-order valence-electron chi connectivity index (χ0n) is 18.7. The van der Waals surface area contributed by atoms with Gasteiger partial charge in [-0.3, -0.25) is 4.79 Å². The van der Waals surface area contributed by atoms with Gasteiger partial charge in [-0.25, -0.2) is 10.4 Å². The maximum Gasteiger partial charge on any atom is 0.250 e. The van der Waals surface area contributed by atoms with Gasteiger partial charge in [0.05, 0.1) is 36.2 Å². The Kier molecular flexibility index (Phi) is 7.40. The van der Waals surface area contributed by atoms with E-state index >= 15 is 0 Å². The van der Waals surface area contributed by atoms with Crippen LogP contribution in [-0.4, -0.2) is 39.1 Å². The maximum absolute atomic E-state index is 12.5. The fraction of sp³-hybridized carbons (Fsp3) is 0.160. The second-order valence-corrected chi connectivity index (χ2v) is 8.88. The number of amides is 1. The zero-order chi connectivity index (χ0) is 24.1. The SMILES string of the molecule is COc1cc(/C(C)=N/NC(=O)CSc2nc3ccccc3n2Cc2ccc(Cl)cc2)ccc1O. The normalized spacial score (nSPS) is 11.6. The summed E-state index contributed by atoms with van der Waals surface area (Å²) in [6.45, 7) is 2.38. The molecule has 34 heavy (non-hydrogen) atoms. The van der Waals surface area contributed by atoms with Gasteiger partial charge in [0.25, 0.3) is 5.91 Å². The number of ether oxygens (including phenoxy) is 1. The third kappa shape index (κ3) is 5.52. The van der Waals surface area contributed by atoms with E-state index in [1.54, 1.807) is 19.1 Å². The summed E-state index contributed by atoms with van der Waals surface area (Å²) < 4.78 is 7.21. The number of halogens is 1. The van der Waals surface area contributed by atoms with Crippen LogP contribution in [0.2, 0.25) is 5.02 Å². The summed E-state index contributed by atoms with van der Waals surface area (Å²) in [5.41, 5.74) is 6.86. The van der Waals surface area contributed by atoms with Crippen LogP contribution in [0.4, 0.5) is 0 Å². The third-order valence-corrected chi connectivity index (χ3v) is 6.38. The molecule has 0 fully saturated rings. The monoisotopic (exact) mass is 494 g/mol. The number of nitrogens with zero attached hydrogens (tertiary/aromatic N) is 3. The summed E-state index contributed by atoms with van der Waals surface area (Å²) in [5, 5.41) is 15.4. The van der Waals surface area contributed by atoms with Crippen LogP contribution in [0.25, 0.3) is 11.0 Å². The molecule has 0 spiro atoms. The third-order valence-electron chi connectivity index (χ3n) is 5.15. The summed E-state index contributed by atoms with van der Waals surface area (Å²) in [7, 11) is 1.48. The fourth-order valence-electron chi connectivity index (χ4n) is 3.36. The fourth-order valence-corrected chi connectivity index (χ4v) is 4.30. The van der Waals surface area contributed by atoms with E-state index in [0.717, 1.165) is 27.3 Å². The summed E-state index contributed by atoms with van der Waals surface area (Å²) in [5.74, 6) is 0.286. The summed E-state index contributed by atoms with van der Waals surface area (Å²) in [6, 6.07) is 20.5. The molecular weight excluding hydrogens is 472 g/mol. The van der Waals surface area contributed by atoms with E-state index in [-0.39, 0.29) is 17.4 Å². The molecule has 0 unspecified atom stereocenters. The number of nitrogens with one attached hydrogen (secondary N) is 1. The van der Waals surface area contributed by atoms with Crippen molar-refractivity contribution in [2.24, 2.45) is 5.10 Å². The number of rotatable bonds is 8. The molecule has 1 heterocycles. The second kappa shape index (κ2) is 10.6. The molecule has 0 aliphatic rings. The molecule has 2 N–H and O–H groups in total. The van der Waals surface area contributed by atoms with Crippen molar-refractivity contribution in [1.82, 2.24) is 15.0 Å². The zero-order valence-corrected chi connectivity index (χ0v) is 20.2. The van der Waals surface area contributed by atoms with E-state index in [0.29, 0.717) is 23.0 Å². The molecule has 174 valence electrons. The van der Waals surface area contributed by atoms with Crippen molar-refractivity contribution in [2.45, 2.75) is 18.6 Å². The first kappa shape index (κ1) is 23.7. The number of phenolic OH excluding ortho intramolecular Hbond substituents is 1. The highest BCUT2D eigenvalue weighted by atomic mass is 35.5. The minimum Gasteiger partial charge on any atom is -0.504 e. The highest BCUT2D eigenvalue weighted by Crippen LogP contribution is 2.27. The summed E-state index contributed by atoms with van der Waals surface area (Å²) >= 11 is 7.37. The van der Waals surface area contributed by atoms with Crippen molar-refractivity contribution in [3.05, 3.63) is 82.9 Å². The number of methoxy groups -OCH3 is 1. The van der Waals surface area contributed by atoms with E-state index in [2.05, 4.69) is 15.1 Å². The lowest BCUT2D eigenvalue weighted by Crippen LogP contribution is -2.21. The van der Waals surface area contributed by atoms with Gasteiger partial charge in [-0.1, -0.05) is 47.6 Å². The van der Waals surface area contributed by atoms with Crippen LogP contribution in [0.15, 0.2) is 77.0 Å². The highest BCUT2D eigenvalue weighted by molar-refractivity contribution is 7.99. The molecule has 4 aromatic rings. The van der Waals surface area contributed by atoms with E-state index in [1.807, 2.05) is 48.5 Å². The standard InChI is InChI=1S/C25H23ClN4O3S/c1-16(18-9-12-22(31)23(13-18)33-2)28-29-24(32)15-34-25-27-20-5-3-4-6-21(20)30(25)14-17-7-10-19(26)11-8-17/h3-13,31H,14-15H2,1-2H3,(H,29,32)/b28-16+. The predicted molar refractivity (Wildman–Crippen MR) is 136 cm³/mol. The van der Waals surface area contributed by atoms with Crippen LogP contribution < -0.4 is 10.2 Å². The smallest absolute Gasteiger partial charge is 0.250 e. The number of fused-ring (bicyclic) bond motifs is 1. The molecule has 0 aliphatic carbocycles. The van der Waals surface area contributed by atoms with Gasteiger partial charge in [0.1, 0.15) is 0 Å². The van der Waals surface area contributed by atoms with Gasteiger partial charge in [0.15, 0.2) is 16.7 Å². The van der Waals surface area contributed by atoms with Crippen LogP contribution in [-0.2, 0) is 11.3 Å². The van der Waals surface area contributed by atoms with Gasteiger partial charge in [0, 0.05) is 10.6 Å². The summed E-state index contributed by atoms with van der Waals surface area (Å²) in [6.07, 6.45) is 0. The average molecular weight is 495 g/mol. The minimum atomic E-state index is -0.250. The number of hydrazone groups is 1. The number of aromatic hydroxyl groups is 1. The number of hydrogen-bond donors (Lipinski definition) is 2. The number of imidazole rings is 1. The number of thioether (sulfide) groups is 1. The Balaban J connectivity index is 1.46. The van der Waals surface area contributed by atoms with Gasteiger partial charge in [0.2, 0.25) is 0 Å². The van der Waals surface area contributed by atoms with Gasteiger partial charge < -0.3 is 14.4 Å². The van der Waals surface area contributed by atoms with Gasteiger partial charge in [-0.05, 0) is 55.0 Å². The Labute approximate surface area is 206 Å². The maximum atomic E-state index is 12.5. The molecule has 0 aliphatic heterocycles. The van der Waals surface area contributed by atoms with E-state index < -0.39 is 0 Å². The van der Waals surface area contributed by atoms with Crippen molar-refractivity contribution >= 4 is 46.0 Å². The number of para-hydroxylation sites is 2. The summed E-state index contributed by atoms with van der Waals surface area (Å²) in [4.78, 5) is 17.2. The Morgan fingerprint density at radius 1 is 1.18 bits per heavy atom. The molecule has 9 heteroatoms. The Hall–Kier alpha value is -3.49. The first-order chi connectivity index (χ1) is 16.4. The van der Waals surface area contributed by atoms with Crippen LogP contribution in [0.1, 0.15) is 18.1 Å². The molecule has 0 saturated carbocycles. The average Bonchev–Trinajstić information content (AvgIpc) is 3.20. The molecule has 1 amide bonds. The topological polar surface area (TPSA) is 88.7 Å². The van der Waals surface area contributed by atoms with Crippen LogP contribution in [0.5, 0.6) is 11.5 Å². The molecule has 7 nitrogen and oxygen atoms in total. The first-order valence-corrected chi connectivity index (χ1v) is 11.8. The number of carbonyl (C=O) groups excluding carboxylic acids is 1. The Morgan fingerprint density at radius 3 is 2.71 bits per heavy atom. The minimum absolute atomic E-state index is 0.0426. The second-order valence-electron chi connectivity index (χ2n) is 7.50. The number of carbonyl (C=O) groups is 1. The molecule has 0 atom stereocenters. The number of phenols is 1. The van der Waals surface area contributed by atoms with Gasteiger partial charge >= 0.3 is 0 Å².